The molecule has 2 atom stereocenters. The van der Waals surface area contributed by atoms with Crippen LogP contribution in [0.4, 0.5) is 0 Å². The van der Waals surface area contributed by atoms with Crippen molar-refractivity contribution in [3.63, 3.8) is 0 Å². The third-order valence-electron chi connectivity index (χ3n) is 4.05. The van der Waals surface area contributed by atoms with Crippen LogP contribution in [0.5, 0.6) is 0 Å². The number of likely N-dealkylation sites (tertiary alicyclic amines) is 1. The molecule has 2 rings (SSSR count). The van der Waals surface area contributed by atoms with E-state index in [1.807, 2.05) is 11.0 Å². The largest absolute Gasteiger partial charge is 0.384 e. The fourth-order valence-corrected chi connectivity index (χ4v) is 3.31. The zero-order valence-corrected chi connectivity index (χ0v) is 9.74. The van der Waals surface area contributed by atoms with E-state index in [2.05, 4.69) is 0 Å². The van der Waals surface area contributed by atoms with Gasteiger partial charge in [0.25, 0.3) is 0 Å². The Hall–Kier alpha value is -1.08. The Morgan fingerprint density at radius 1 is 1.69 bits per heavy atom. The average Bonchev–Trinajstić information content (AvgIpc) is 2.74. The summed E-state index contributed by atoms with van der Waals surface area (Å²) in [6, 6.07) is 1.93. The van der Waals surface area contributed by atoms with Gasteiger partial charge in [0.05, 0.1) is 12.7 Å². The molecule has 4 nitrogen and oxygen atoms in total. The third kappa shape index (κ3) is 1.80. The topological polar surface area (TPSA) is 53.3 Å². The molecule has 4 heteroatoms. The minimum Gasteiger partial charge on any atom is -0.384 e. The predicted molar refractivity (Wildman–Crippen MR) is 58.5 cm³/mol. The van der Waals surface area contributed by atoms with Gasteiger partial charge in [-0.25, -0.2) is 0 Å². The van der Waals surface area contributed by atoms with Crippen molar-refractivity contribution >= 4 is 5.91 Å². The smallest absolute Gasteiger partial charge is 0.236 e. The maximum Gasteiger partial charge on any atom is 0.236 e. The highest BCUT2D eigenvalue weighted by Gasteiger charge is 2.50. The molecule has 1 heterocycles. The fourth-order valence-electron chi connectivity index (χ4n) is 3.31. The molecule has 1 saturated heterocycles. The van der Waals surface area contributed by atoms with Gasteiger partial charge in [-0.15, -0.1) is 0 Å². The van der Waals surface area contributed by atoms with E-state index in [9.17, 15) is 4.79 Å². The van der Waals surface area contributed by atoms with Crippen LogP contribution in [-0.4, -0.2) is 37.6 Å². The van der Waals surface area contributed by atoms with Crippen molar-refractivity contribution in [3.8, 4) is 6.07 Å². The van der Waals surface area contributed by atoms with E-state index in [-0.39, 0.29) is 17.7 Å². The van der Waals surface area contributed by atoms with Gasteiger partial charge in [-0.1, -0.05) is 6.42 Å². The summed E-state index contributed by atoms with van der Waals surface area (Å²) in [4.78, 5) is 13.5. The van der Waals surface area contributed by atoms with Crippen LogP contribution in [0.3, 0.4) is 0 Å². The standard InChI is InChI=1S/C12H18N2O2/c1-16-9-12-5-2-3-10(12)7-14(8-12)11(15)4-6-13/h10H,2-5,7-9H2,1H3/t10-,12+/m0/s1. The molecule has 0 spiro atoms. The third-order valence-corrected chi connectivity index (χ3v) is 4.05. The van der Waals surface area contributed by atoms with Gasteiger partial charge in [-0.05, 0) is 18.8 Å². The Balaban J connectivity index is 2.05. The van der Waals surface area contributed by atoms with Crippen LogP contribution in [0.1, 0.15) is 25.7 Å². The lowest BCUT2D eigenvalue weighted by Gasteiger charge is -2.27. The minimum atomic E-state index is -0.0209. The first kappa shape index (κ1) is 11.4. The minimum absolute atomic E-state index is 0.00970. The number of hydrogen-bond acceptors (Lipinski definition) is 3. The zero-order valence-electron chi connectivity index (χ0n) is 9.74. The van der Waals surface area contributed by atoms with Gasteiger partial charge in [0.2, 0.25) is 5.91 Å². The number of hydrogen-bond donors (Lipinski definition) is 0. The number of nitriles is 1. The average molecular weight is 222 g/mol. The van der Waals surface area contributed by atoms with Crippen LogP contribution in [0.25, 0.3) is 0 Å². The molecule has 0 aromatic heterocycles. The van der Waals surface area contributed by atoms with Crippen LogP contribution in [0.15, 0.2) is 0 Å². The molecule has 0 N–H and O–H groups in total. The summed E-state index contributed by atoms with van der Waals surface area (Å²) in [5, 5.41) is 8.55. The second kappa shape index (κ2) is 4.42. The van der Waals surface area contributed by atoms with Crippen molar-refractivity contribution in [2.75, 3.05) is 26.8 Å². The number of carbonyl (C=O) groups is 1. The molecule has 1 aliphatic heterocycles. The molecular formula is C12H18N2O2. The SMILES string of the molecule is COC[C@]12CCC[C@H]1CN(C(=O)CC#N)C2. The number of methoxy groups -OCH3 is 1. The van der Waals surface area contributed by atoms with E-state index in [0.717, 1.165) is 26.1 Å². The second-order valence-electron chi connectivity index (χ2n) is 4.99. The van der Waals surface area contributed by atoms with Gasteiger partial charge >= 0.3 is 0 Å². The maximum absolute atomic E-state index is 11.7. The first-order valence-electron chi connectivity index (χ1n) is 5.85. The molecule has 88 valence electrons. The van der Waals surface area contributed by atoms with Crippen molar-refractivity contribution in [2.24, 2.45) is 11.3 Å². The summed E-state index contributed by atoms with van der Waals surface area (Å²) in [5.41, 5.74) is 0.180. The molecule has 0 bridgehead atoms. The highest BCUT2D eigenvalue weighted by atomic mass is 16.5. The first-order valence-corrected chi connectivity index (χ1v) is 5.85. The second-order valence-corrected chi connectivity index (χ2v) is 4.99. The van der Waals surface area contributed by atoms with Gasteiger partial charge in [-0.2, -0.15) is 5.26 Å². The molecule has 0 aromatic carbocycles. The van der Waals surface area contributed by atoms with Crippen LogP contribution in [-0.2, 0) is 9.53 Å². The zero-order chi connectivity index (χ0) is 11.6. The fraction of sp³-hybridized carbons (Fsp3) is 0.833. The molecule has 2 aliphatic rings. The molecule has 0 radical (unpaired) electrons. The van der Waals surface area contributed by atoms with Gasteiger partial charge in [0, 0.05) is 25.6 Å². The molecule has 16 heavy (non-hydrogen) atoms. The van der Waals surface area contributed by atoms with E-state index in [1.54, 1.807) is 7.11 Å². The van der Waals surface area contributed by atoms with Gasteiger partial charge in [0.1, 0.15) is 6.42 Å². The maximum atomic E-state index is 11.7. The van der Waals surface area contributed by atoms with Crippen molar-refractivity contribution in [3.05, 3.63) is 0 Å². The number of fused-ring (bicyclic) bond motifs is 1. The number of nitrogens with zero attached hydrogens (tertiary/aromatic N) is 2. The number of amides is 1. The normalized spacial score (nSPS) is 32.5. The van der Waals surface area contributed by atoms with Crippen LogP contribution >= 0.6 is 0 Å². The Bertz CT molecular complexity index is 323. The first-order chi connectivity index (χ1) is 7.72. The highest BCUT2D eigenvalue weighted by Crippen LogP contribution is 2.48. The quantitative estimate of drug-likeness (QED) is 0.720. The number of rotatable bonds is 3. The summed E-state index contributed by atoms with van der Waals surface area (Å²) in [7, 11) is 1.73. The van der Waals surface area contributed by atoms with Gasteiger partial charge < -0.3 is 9.64 Å². The van der Waals surface area contributed by atoms with Crippen molar-refractivity contribution in [1.82, 2.24) is 4.90 Å². The monoisotopic (exact) mass is 222 g/mol. The molecule has 0 unspecified atom stereocenters. The lowest BCUT2D eigenvalue weighted by molar-refractivity contribution is -0.129. The highest BCUT2D eigenvalue weighted by molar-refractivity contribution is 5.78. The molecule has 1 saturated carbocycles. The van der Waals surface area contributed by atoms with E-state index in [0.29, 0.717) is 5.92 Å². The summed E-state index contributed by atoms with van der Waals surface area (Å²) < 4.78 is 5.32. The molecule has 0 aromatic rings. The lowest BCUT2D eigenvalue weighted by Crippen LogP contribution is -2.34. The van der Waals surface area contributed by atoms with Crippen LogP contribution in [0, 0.1) is 22.7 Å². The van der Waals surface area contributed by atoms with Gasteiger partial charge in [0.15, 0.2) is 0 Å². The molecule has 1 amide bonds. The van der Waals surface area contributed by atoms with E-state index >= 15 is 0 Å². The van der Waals surface area contributed by atoms with E-state index in [1.165, 1.54) is 12.8 Å². The van der Waals surface area contributed by atoms with Crippen LogP contribution in [0.2, 0.25) is 0 Å². The van der Waals surface area contributed by atoms with Crippen molar-refractivity contribution in [2.45, 2.75) is 25.7 Å². The Morgan fingerprint density at radius 3 is 3.19 bits per heavy atom. The number of ether oxygens (including phenoxy) is 1. The summed E-state index contributed by atoms with van der Waals surface area (Å²) in [5.74, 6) is 0.558. The van der Waals surface area contributed by atoms with Gasteiger partial charge in [-0.3, -0.25) is 4.79 Å². The molecule has 1 aliphatic carbocycles. The number of carbonyl (C=O) groups excluding carboxylic acids is 1. The van der Waals surface area contributed by atoms with Crippen LogP contribution < -0.4 is 0 Å². The summed E-state index contributed by atoms with van der Waals surface area (Å²) in [6.07, 6.45) is 3.60. The molecule has 2 fully saturated rings. The lowest BCUT2D eigenvalue weighted by atomic mass is 9.82. The Morgan fingerprint density at radius 2 is 2.50 bits per heavy atom. The summed E-state index contributed by atoms with van der Waals surface area (Å²) in [6.45, 7) is 2.35. The summed E-state index contributed by atoms with van der Waals surface area (Å²) >= 11 is 0. The predicted octanol–water partition coefficient (Wildman–Crippen LogP) is 1.18. The Labute approximate surface area is 96.2 Å². The van der Waals surface area contributed by atoms with E-state index < -0.39 is 0 Å². The van der Waals surface area contributed by atoms with Crippen molar-refractivity contribution in [1.29, 1.82) is 5.26 Å². The van der Waals surface area contributed by atoms with Crippen molar-refractivity contribution < 1.29 is 9.53 Å². The Kier molecular flexibility index (Phi) is 3.15. The van der Waals surface area contributed by atoms with E-state index in [4.69, 9.17) is 10.00 Å². The molecular weight excluding hydrogens is 204 g/mol.